The lowest BCUT2D eigenvalue weighted by Crippen LogP contribution is -2.44. The number of nitriles is 1. The highest BCUT2D eigenvalue weighted by atomic mass is 35.5. The fourth-order valence-electron chi connectivity index (χ4n) is 3.86. The Labute approximate surface area is 197 Å². The molecule has 1 saturated heterocycles. The Hall–Kier alpha value is -2.63. The van der Waals surface area contributed by atoms with E-state index in [4.69, 9.17) is 37.7 Å². The minimum absolute atomic E-state index is 0.343. The van der Waals surface area contributed by atoms with Gasteiger partial charge in [-0.05, 0) is 13.1 Å². The van der Waals surface area contributed by atoms with Gasteiger partial charge in [-0.2, -0.15) is 5.26 Å². The predicted octanol–water partition coefficient (Wildman–Crippen LogP) is 4.24. The number of rotatable bonds is 5. The number of fused-ring (bicyclic) bond motifs is 1. The minimum Gasteiger partial charge on any atom is -0.495 e. The van der Waals surface area contributed by atoms with Crippen molar-refractivity contribution in [3.05, 3.63) is 45.7 Å². The second kappa shape index (κ2) is 9.47. The molecule has 4 rings (SSSR count). The van der Waals surface area contributed by atoms with Gasteiger partial charge in [-0.1, -0.05) is 29.3 Å². The van der Waals surface area contributed by atoms with Gasteiger partial charge in [-0.25, -0.2) is 4.98 Å². The zero-order chi connectivity index (χ0) is 22.8. The predicted molar refractivity (Wildman–Crippen MR) is 126 cm³/mol. The molecule has 9 heteroatoms. The molecular formula is C23H23Cl2N5O2. The number of hydrogen-bond acceptors (Lipinski definition) is 7. The van der Waals surface area contributed by atoms with Gasteiger partial charge in [0.05, 0.1) is 47.2 Å². The van der Waals surface area contributed by atoms with E-state index < -0.39 is 0 Å². The molecule has 0 aliphatic carbocycles. The van der Waals surface area contributed by atoms with E-state index in [1.165, 1.54) is 14.2 Å². The Bertz CT molecular complexity index is 1180. The number of nitrogens with zero attached hydrogens (tertiary/aromatic N) is 5. The molecule has 0 unspecified atom stereocenters. The van der Waals surface area contributed by atoms with E-state index >= 15 is 0 Å². The van der Waals surface area contributed by atoms with Crippen molar-refractivity contribution < 1.29 is 9.47 Å². The Morgan fingerprint density at radius 3 is 2.28 bits per heavy atom. The fraction of sp³-hybridized carbons (Fsp3) is 0.348. The number of ether oxygens (including phenoxy) is 2. The van der Waals surface area contributed by atoms with Crippen LogP contribution in [0.3, 0.4) is 0 Å². The molecule has 2 heterocycles. The van der Waals surface area contributed by atoms with Crippen LogP contribution in [0.25, 0.3) is 22.2 Å². The second-order valence-corrected chi connectivity index (χ2v) is 8.45. The van der Waals surface area contributed by atoms with Crippen LogP contribution in [0.4, 0.5) is 0 Å². The van der Waals surface area contributed by atoms with E-state index in [0.717, 1.165) is 31.9 Å². The second-order valence-electron chi connectivity index (χ2n) is 7.69. The Balaban J connectivity index is 1.88. The molecule has 166 valence electrons. The normalized spacial score (nSPS) is 15.0. The summed E-state index contributed by atoms with van der Waals surface area (Å²) in [6.45, 7) is 4.63. The van der Waals surface area contributed by atoms with Gasteiger partial charge in [0.2, 0.25) is 0 Å². The van der Waals surface area contributed by atoms with Gasteiger partial charge in [0.25, 0.3) is 0 Å². The fourth-order valence-corrected chi connectivity index (χ4v) is 4.56. The summed E-state index contributed by atoms with van der Waals surface area (Å²) in [5.74, 6) is 0.865. The maximum atomic E-state index is 9.60. The Kier molecular flexibility index (Phi) is 6.68. The molecule has 1 aromatic heterocycles. The number of hydrogen-bond donors (Lipinski definition) is 0. The molecule has 0 N–H and O–H groups in total. The van der Waals surface area contributed by atoms with E-state index in [-0.39, 0.29) is 0 Å². The summed E-state index contributed by atoms with van der Waals surface area (Å²) in [5, 5.41) is 10.3. The minimum atomic E-state index is 0.343. The van der Waals surface area contributed by atoms with Crippen molar-refractivity contribution >= 4 is 34.2 Å². The van der Waals surface area contributed by atoms with Crippen LogP contribution < -0.4 is 9.47 Å². The molecule has 1 aliphatic heterocycles. The van der Waals surface area contributed by atoms with Crippen molar-refractivity contribution in [3.8, 4) is 28.7 Å². The van der Waals surface area contributed by atoms with Crippen LogP contribution >= 0.6 is 23.2 Å². The van der Waals surface area contributed by atoms with Gasteiger partial charge in [0.1, 0.15) is 23.1 Å². The third-order valence-corrected chi connectivity index (χ3v) is 6.44. The van der Waals surface area contributed by atoms with Crippen molar-refractivity contribution in [2.75, 3.05) is 47.4 Å². The zero-order valence-electron chi connectivity index (χ0n) is 18.2. The number of halogens is 2. The smallest absolute Gasteiger partial charge is 0.141 e. The van der Waals surface area contributed by atoms with Crippen LogP contribution in [-0.4, -0.2) is 67.2 Å². The van der Waals surface area contributed by atoms with Crippen molar-refractivity contribution in [2.45, 2.75) is 6.54 Å². The monoisotopic (exact) mass is 471 g/mol. The maximum Gasteiger partial charge on any atom is 0.141 e. The third kappa shape index (κ3) is 4.19. The highest BCUT2D eigenvalue weighted by Gasteiger charge is 2.23. The first-order valence-corrected chi connectivity index (χ1v) is 10.9. The summed E-state index contributed by atoms with van der Waals surface area (Å²) in [4.78, 5) is 14.1. The van der Waals surface area contributed by atoms with E-state index in [1.54, 1.807) is 24.4 Å². The summed E-state index contributed by atoms with van der Waals surface area (Å²) in [5.41, 5.74) is 3.52. The number of benzene rings is 2. The largest absolute Gasteiger partial charge is 0.495 e. The van der Waals surface area contributed by atoms with Crippen LogP contribution in [0.15, 0.2) is 24.4 Å². The molecule has 0 atom stereocenters. The molecule has 3 aromatic rings. The number of likely N-dealkylation sites (N-methyl/N-ethyl adjacent to an activating group) is 1. The molecule has 1 fully saturated rings. The molecular weight excluding hydrogens is 449 g/mol. The number of piperazine rings is 1. The SMILES string of the molecule is COc1cc(OC)c(Cl)c(-c2ccc(C#N)c3ncc(CN4CCN(C)CC4)nc23)c1Cl. The molecule has 0 saturated carbocycles. The average molecular weight is 472 g/mol. The zero-order valence-corrected chi connectivity index (χ0v) is 19.7. The number of methoxy groups -OCH3 is 2. The van der Waals surface area contributed by atoms with Crippen LogP contribution in [0.1, 0.15) is 11.3 Å². The summed E-state index contributed by atoms with van der Waals surface area (Å²) in [7, 11) is 5.19. The lowest BCUT2D eigenvalue weighted by atomic mass is 10.00. The molecule has 32 heavy (non-hydrogen) atoms. The van der Waals surface area contributed by atoms with Crippen molar-refractivity contribution in [1.29, 1.82) is 5.26 Å². The maximum absolute atomic E-state index is 9.60. The first kappa shape index (κ1) is 22.6. The quantitative estimate of drug-likeness (QED) is 0.550. The van der Waals surface area contributed by atoms with Crippen LogP contribution in [0.5, 0.6) is 11.5 Å². The standard InChI is InChI=1S/C23H23Cl2N5O2/c1-29-6-8-30(9-7-29)13-15-12-27-22-14(11-26)4-5-16(23(22)28-15)19-20(24)17(31-2)10-18(32-3)21(19)25/h4-5,10,12H,6-9,13H2,1-3H3. The van der Waals surface area contributed by atoms with Crippen LogP contribution in [-0.2, 0) is 6.54 Å². The topological polar surface area (TPSA) is 74.5 Å². The Morgan fingerprint density at radius 1 is 1.03 bits per heavy atom. The van der Waals surface area contributed by atoms with E-state index in [1.807, 2.05) is 0 Å². The lowest BCUT2D eigenvalue weighted by molar-refractivity contribution is 0.147. The molecule has 2 aromatic carbocycles. The van der Waals surface area contributed by atoms with Gasteiger partial charge in [0, 0.05) is 49.9 Å². The molecule has 0 radical (unpaired) electrons. The summed E-state index contributed by atoms with van der Waals surface area (Å²) >= 11 is 13.3. The highest BCUT2D eigenvalue weighted by Crippen LogP contribution is 2.47. The lowest BCUT2D eigenvalue weighted by Gasteiger charge is -2.32. The van der Waals surface area contributed by atoms with Crippen molar-refractivity contribution in [1.82, 2.24) is 19.8 Å². The van der Waals surface area contributed by atoms with Crippen LogP contribution in [0.2, 0.25) is 10.0 Å². The molecule has 7 nitrogen and oxygen atoms in total. The van der Waals surface area contributed by atoms with E-state index in [0.29, 0.717) is 55.8 Å². The van der Waals surface area contributed by atoms with Gasteiger partial charge in [0.15, 0.2) is 0 Å². The molecule has 0 bridgehead atoms. The van der Waals surface area contributed by atoms with Crippen molar-refractivity contribution in [3.63, 3.8) is 0 Å². The first-order valence-electron chi connectivity index (χ1n) is 10.2. The summed E-state index contributed by atoms with van der Waals surface area (Å²) in [6.07, 6.45) is 1.74. The molecule has 1 aliphatic rings. The summed E-state index contributed by atoms with van der Waals surface area (Å²) in [6, 6.07) is 7.33. The number of aromatic nitrogens is 2. The van der Waals surface area contributed by atoms with Gasteiger partial charge < -0.3 is 14.4 Å². The van der Waals surface area contributed by atoms with E-state index in [2.05, 4.69) is 27.9 Å². The van der Waals surface area contributed by atoms with Crippen molar-refractivity contribution in [2.24, 2.45) is 0 Å². The average Bonchev–Trinajstić information content (AvgIpc) is 2.81. The third-order valence-electron chi connectivity index (χ3n) is 5.69. The van der Waals surface area contributed by atoms with Gasteiger partial charge in [-0.15, -0.1) is 0 Å². The van der Waals surface area contributed by atoms with Gasteiger partial charge in [-0.3, -0.25) is 9.88 Å². The van der Waals surface area contributed by atoms with Gasteiger partial charge >= 0.3 is 0 Å². The molecule has 0 spiro atoms. The Morgan fingerprint density at radius 2 is 1.69 bits per heavy atom. The van der Waals surface area contributed by atoms with Crippen LogP contribution in [0, 0.1) is 11.3 Å². The first-order chi connectivity index (χ1) is 15.5. The van der Waals surface area contributed by atoms with E-state index in [9.17, 15) is 5.26 Å². The summed E-state index contributed by atoms with van der Waals surface area (Å²) < 4.78 is 10.8. The highest BCUT2D eigenvalue weighted by molar-refractivity contribution is 6.41. The molecule has 0 amide bonds.